The second kappa shape index (κ2) is 9.64. The first-order valence-corrected chi connectivity index (χ1v) is 12.9. The van der Waals surface area contributed by atoms with Crippen LogP contribution in [0.5, 0.6) is 5.88 Å². The van der Waals surface area contributed by atoms with Crippen LogP contribution < -0.4 is 4.74 Å². The van der Waals surface area contributed by atoms with Gasteiger partial charge in [0.1, 0.15) is 29.6 Å². The third-order valence-corrected chi connectivity index (χ3v) is 6.81. The summed E-state index contributed by atoms with van der Waals surface area (Å²) in [5, 5.41) is 0. The van der Waals surface area contributed by atoms with Gasteiger partial charge in [0.25, 0.3) is 0 Å². The maximum absolute atomic E-state index is 13.3. The van der Waals surface area contributed by atoms with Gasteiger partial charge < -0.3 is 23.7 Å². The van der Waals surface area contributed by atoms with Crippen LogP contribution in [0.3, 0.4) is 0 Å². The summed E-state index contributed by atoms with van der Waals surface area (Å²) in [6.45, 7) is 11.6. The molecule has 0 spiro atoms. The van der Waals surface area contributed by atoms with Crippen molar-refractivity contribution in [1.29, 1.82) is 0 Å². The van der Waals surface area contributed by atoms with Crippen LogP contribution >= 0.6 is 0 Å². The van der Waals surface area contributed by atoms with E-state index in [1.165, 1.54) is 12.1 Å². The lowest BCUT2D eigenvalue weighted by Crippen LogP contribution is -2.54. The van der Waals surface area contributed by atoms with Gasteiger partial charge in [0, 0.05) is 19.2 Å². The second-order valence-electron chi connectivity index (χ2n) is 11.6. The molecule has 1 aromatic heterocycles. The van der Waals surface area contributed by atoms with Gasteiger partial charge in [-0.2, -0.15) is 13.2 Å². The molecule has 0 aliphatic carbocycles. The topological polar surface area (TPSA) is 79.4 Å². The van der Waals surface area contributed by atoms with Gasteiger partial charge in [-0.15, -0.1) is 0 Å². The summed E-state index contributed by atoms with van der Waals surface area (Å²) in [5.41, 5.74) is 0.984. The monoisotopic (exact) mass is 550 g/mol. The molecular weight excluding hydrogens is 517 g/mol. The van der Waals surface area contributed by atoms with Crippen LogP contribution in [-0.2, 0) is 38.2 Å². The molecule has 4 heterocycles. The molecule has 11 heteroatoms. The van der Waals surface area contributed by atoms with Crippen LogP contribution in [-0.4, -0.2) is 51.8 Å². The van der Waals surface area contributed by atoms with E-state index in [1.54, 1.807) is 18.7 Å². The highest BCUT2D eigenvalue weighted by Crippen LogP contribution is 2.44. The molecule has 0 bridgehead atoms. The molecule has 2 aromatic rings. The van der Waals surface area contributed by atoms with Crippen molar-refractivity contribution in [2.24, 2.45) is 0 Å². The van der Waals surface area contributed by atoms with Crippen molar-refractivity contribution in [3.63, 3.8) is 0 Å². The number of fused-ring (bicyclic) bond motifs is 2. The summed E-state index contributed by atoms with van der Waals surface area (Å²) in [6, 6.07) is 9.26. The first-order valence-electron chi connectivity index (χ1n) is 12.9. The Kier molecular flexibility index (Phi) is 6.84. The minimum absolute atomic E-state index is 0.192. The van der Waals surface area contributed by atoms with E-state index >= 15 is 0 Å². The molecule has 0 radical (unpaired) electrons. The third-order valence-electron chi connectivity index (χ3n) is 6.81. The highest BCUT2D eigenvalue weighted by atomic mass is 19.4. The lowest BCUT2D eigenvalue weighted by atomic mass is 9.90. The Balaban J connectivity index is 1.45. The van der Waals surface area contributed by atoms with Crippen LogP contribution in [0.2, 0.25) is 0 Å². The number of pyridine rings is 1. The Hall–Kier alpha value is -2.89. The fraction of sp³-hybridized carbons (Fsp3) is 0.571. The summed E-state index contributed by atoms with van der Waals surface area (Å²) in [4.78, 5) is 18.0. The molecule has 1 aromatic carbocycles. The SMILES string of the molecule is C[C@H]1O[C@H](c2ccc3c(c2)CN(C(=O)OC(C)(C)C)C3)[C@H](Oc2cccc(C(F)(F)F)n2)[C@H]2OC(C)(C)O[C@H]21. The average molecular weight is 551 g/mol. The number of nitrogens with zero attached hydrogens (tertiary/aromatic N) is 2. The Morgan fingerprint density at radius 2 is 1.74 bits per heavy atom. The predicted octanol–water partition coefficient (Wildman–Crippen LogP) is 5.78. The minimum atomic E-state index is -4.62. The summed E-state index contributed by atoms with van der Waals surface area (Å²) in [7, 11) is 0. The van der Waals surface area contributed by atoms with Crippen molar-refractivity contribution in [2.75, 3.05) is 0 Å². The molecule has 2 saturated heterocycles. The zero-order valence-electron chi connectivity index (χ0n) is 22.7. The number of carbonyl (C=O) groups is 1. The van der Waals surface area contributed by atoms with Gasteiger partial charge in [0.15, 0.2) is 11.9 Å². The maximum atomic E-state index is 13.3. The van der Waals surface area contributed by atoms with E-state index in [4.69, 9.17) is 23.7 Å². The van der Waals surface area contributed by atoms with E-state index in [0.29, 0.717) is 13.1 Å². The molecule has 1 amide bonds. The lowest BCUT2D eigenvalue weighted by Gasteiger charge is -2.41. The van der Waals surface area contributed by atoms with Gasteiger partial charge in [-0.3, -0.25) is 4.90 Å². The highest BCUT2D eigenvalue weighted by molar-refractivity contribution is 5.69. The highest BCUT2D eigenvalue weighted by Gasteiger charge is 2.55. The number of alkyl halides is 3. The zero-order valence-corrected chi connectivity index (χ0v) is 22.7. The number of hydrogen-bond acceptors (Lipinski definition) is 7. The largest absolute Gasteiger partial charge is 0.468 e. The molecule has 3 aliphatic heterocycles. The quantitative estimate of drug-likeness (QED) is 0.480. The molecule has 2 fully saturated rings. The van der Waals surface area contributed by atoms with Gasteiger partial charge in [-0.05, 0) is 64.3 Å². The van der Waals surface area contributed by atoms with Crippen molar-refractivity contribution in [2.45, 2.75) is 103 Å². The fourth-order valence-electron chi connectivity index (χ4n) is 5.21. The maximum Gasteiger partial charge on any atom is 0.433 e. The number of hydrogen-bond donors (Lipinski definition) is 0. The molecule has 212 valence electrons. The molecule has 0 unspecified atom stereocenters. The number of benzene rings is 1. The van der Waals surface area contributed by atoms with Crippen LogP contribution in [0.4, 0.5) is 18.0 Å². The van der Waals surface area contributed by atoms with Crippen LogP contribution in [0.25, 0.3) is 0 Å². The molecule has 8 nitrogen and oxygen atoms in total. The van der Waals surface area contributed by atoms with Gasteiger partial charge >= 0.3 is 12.3 Å². The summed E-state index contributed by atoms with van der Waals surface area (Å²) in [5.74, 6) is -1.13. The van der Waals surface area contributed by atoms with E-state index in [9.17, 15) is 18.0 Å². The first kappa shape index (κ1) is 27.7. The number of amides is 1. The Morgan fingerprint density at radius 3 is 2.44 bits per heavy atom. The third kappa shape index (κ3) is 5.85. The average Bonchev–Trinajstić information content (AvgIpc) is 3.39. The van der Waals surface area contributed by atoms with Crippen molar-refractivity contribution in [3.05, 3.63) is 58.8 Å². The van der Waals surface area contributed by atoms with E-state index < -0.39 is 53.8 Å². The van der Waals surface area contributed by atoms with Crippen LogP contribution in [0.1, 0.15) is 70.0 Å². The molecule has 5 rings (SSSR count). The molecule has 5 atom stereocenters. The molecule has 0 saturated carbocycles. The number of halogens is 3. The van der Waals surface area contributed by atoms with Crippen molar-refractivity contribution < 1.29 is 41.7 Å². The summed E-state index contributed by atoms with van der Waals surface area (Å²) < 4.78 is 70.3. The molecule has 39 heavy (non-hydrogen) atoms. The van der Waals surface area contributed by atoms with E-state index in [2.05, 4.69) is 4.98 Å². The van der Waals surface area contributed by atoms with Crippen LogP contribution in [0, 0.1) is 0 Å². The van der Waals surface area contributed by atoms with Crippen molar-refractivity contribution >= 4 is 6.09 Å². The zero-order chi connectivity index (χ0) is 28.3. The van der Waals surface area contributed by atoms with E-state index in [-0.39, 0.29) is 12.0 Å². The molecule has 0 N–H and O–H groups in total. The lowest BCUT2D eigenvalue weighted by molar-refractivity contribution is -0.177. The normalized spacial score (nSPS) is 28.1. The Morgan fingerprint density at radius 1 is 1.05 bits per heavy atom. The summed E-state index contributed by atoms with van der Waals surface area (Å²) in [6.07, 6.45) is -8.08. The van der Waals surface area contributed by atoms with Gasteiger partial charge in [-0.1, -0.05) is 24.3 Å². The Bertz CT molecular complexity index is 1240. The number of carbonyl (C=O) groups excluding carboxylic acids is 1. The number of ether oxygens (including phenoxy) is 5. The molecular formula is C28H33F3N2O6. The van der Waals surface area contributed by atoms with Crippen molar-refractivity contribution in [1.82, 2.24) is 9.88 Å². The van der Waals surface area contributed by atoms with Gasteiger partial charge in [0.2, 0.25) is 5.88 Å². The Labute approximate surface area is 225 Å². The minimum Gasteiger partial charge on any atom is -0.468 e. The predicted molar refractivity (Wildman–Crippen MR) is 133 cm³/mol. The molecule has 3 aliphatic rings. The van der Waals surface area contributed by atoms with Gasteiger partial charge in [-0.25, -0.2) is 9.78 Å². The van der Waals surface area contributed by atoms with E-state index in [0.717, 1.165) is 22.8 Å². The van der Waals surface area contributed by atoms with Crippen LogP contribution in [0.15, 0.2) is 36.4 Å². The number of aromatic nitrogens is 1. The smallest absolute Gasteiger partial charge is 0.433 e. The standard InChI is InChI=1S/C28H33F3N2O6/c1-15-21-24(38-27(5,6)37-21)23(36-20-9-7-8-19(32-20)28(29,30)31)22(35-15)16-10-11-17-13-33(14-18(17)12-16)25(34)39-26(2,3)4/h7-12,15,21-24H,13-14H2,1-6H3/t15-,21+,22-,23+,24+/m1/s1. The number of rotatable bonds is 3. The first-order chi connectivity index (χ1) is 18.1. The van der Waals surface area contributed by atoms with E-state index in [1.807, 2.05) is 45.9 Å². The summed E-state index contributed by atoms with van der Waals surface area (Å²) >= 11 is 0. The fourth-order valence-corrected chi connectivity index (χ4v) is 5.21. The van der Waals surface area contributed by atoms with Gasteiger partial charge in [0.05, 0.1) is 6.10 Å². The second-order valence-corrected chi connectivity index (χ2v) is 11.6. The van der Waals surface area contributed by atoms with Crippen molar-refractivity contribution in [3.8, 4) is 5.88 Å².